The number of nitrogens with zero attached hydrogens (tertiary/aromatic N) is 4. The van der Waals surface area contributed by atoms with E-state index in [0.717, 1.165) is 51.0 Å². The lowest BCUT2D eigenvalue weighted by Gasteiger charge is -2.27. The van der Waals surface area contributed by atoms with Gasteiger partial charge in [0.1, 0.15) is 0 Å². The molecule has 0 saturated carbocycles. The first-order chi connectivity index (χ1) is 19.8. The summed E-state index contributed by atoms with van der Waals surface area (Å²) in [6, 6.07) is 19.4. The van der Waals surface area contributed by atoms with Crippen LogP contribution in [0.2, 0.25) is 0 Å². The number of hydrogen-bond donors (Lipinski definition) is 0. The molecule has 0 aliphatic carbocycles. The Hall–Kier alpha value is -4.37. The lowest BCUT2D eigenvalue weighted by atomic mass is 9.97. The maximum atomic E-state index is 13.8. The number of carbonyl (C=O) groups is 1. The summed E-state index contributed by atoms with van der Waals surface area (Å²) in [4.78, 5) is 20.1. The Labute approximate surface area is 235 Å². The number of benzene rings is 3. The number of aryl methyl sites for hydroxylation is 1. The highest BCUT2D eigenvalue weighted by molar-refractivity contribution is 6.06. The van der Waals surface area contributed by atoms with E-state index in [9.17, 15) is 18.0 Å². The number of amides is 1. The summed E-state index contributed by atoms with van der Waals surface area (Å²) < 4.78 is 48.5. The minimum Gasteiger partial charge on any atom is -0.378 e. The summed E-state index contributed by atoms with van der Waals surface area (Å²) in [7, 11) is 0. The van der Waals surface area contributed by atoms with E-state index in [2.05, 4.69) is 23.2 Å². The predicted molar refractivity (Wildman–Crippen MR) is 151 cm³/mol. The van der Waals surface area contributed by atoms with Gasteiger partial charge in [0.25, 0.3) is 5.91 Å². The van der Waals surface area contributed by atoms with Crippen LogP contribution in [0.1, 0.15) is 32.9 Å². The van der Waals surface area contributed by atoms with Gasteiger partial charge in [0.2, 0.25) is 0 Å². The number of fused-ring (bicyclic) bond motifs is 1. The van der Waals surface area contributed by atoms with Crippen LogP contribution < -0.4 is 0 Å². The Morgan fingerprint density at radius 3 is 2.39 bits per heavy atom. The van der Waals surface area contributed by atoms with Gasteiger partial charge in [0.15, 0.2) is 0 Å². The van der Waals surface area contributed by atoms with Crippen LogP contribution in [0.5, 0.6) is 0 Å². The van der Waals surface area contributed by atoms with Crippen molar-refractivity contribution >= 4 is 16.7 Å². The Morgan fingerprint density at radius 1 is 0.902 bits per heavy atom. The normalized spacial score (nSPS) is 14.1. The molecule has 5 aromatic rings. The average Bonchev–Trinajstić information content (AvgIpc) is 3.56. The van der Waals surface area contributed by atoms with Gasteiger partial charge >= 0.3 is 6.18 Å². The molecular formula is C32H29F3N4O2. The number of carbonyl (C=O) groups excluding carboxylic acids is 1. The van der Waals surface area contributed by atoms with Gasteiger partial charge in [-0.25, -0.2) is 4.98 Å². The molecule has 9 heteroatoms. The van der Waals surface area contributed by atoms with E-state index in [0.29, 0.717) is 45.0 Å². The first-order valence-electron chi connectivity index (χ1n) is 13.5. The van der Waals surface area contributed by atoms with Crippen LogP contribution in [0.15, 0.2) is 85.5 Å². The van der Waals surface area contributed by atoms with Crippen LogP contribution in [0, 0.1) is 6.92 Å². The summed E-state index contributed by atoms with van der Waals surface area (Å²) in [5.41, 5.74) is 4.25. The number of imidazole rings is 1. The van der Waals surface area contributed by atoms with E-state index >= 15 is 0 Å². The van der Waals surface area contributed by atoms with E-state index in [1.807, 2.05) is 57.6 Å². The van der Waals surface area contributed by atoms with Crippen LogP contribution in [-0.4, -0.2) is 51.2 Å². The Bertz CT molecular complexity index is 1690. The van der Waals surface area contributed by atoms with Crippen LogP contribution in [0.25, 0.3) is 21.9 Å². The minimum absolute atomic E-state index is 0.0371. The lowest BCUT2D eigenvalue weighted by Crippen LogP contribution is -2.40. The third-order valence-corrected chi connectivity index (χ3v) is 7.61. The fourth-order valence-electron chi connectivity index (χ4n) is 5.40. The van der Waals surface area contributed by atoms with Crippen molar-refractivity contribution in [1.82, 2.24) is 19.0 Å². The molecule has 6 nitrogen and oxygen atoms in total. The van der Waals surface area contributed by atoms with Crippen molar-refractivity contribution in [2.45, 2.75) is 26.2 Å². The number of alkyl halides is 3. The molecule has 0 N–H and O–H groups in total. The first kappa shape index (κ1) is 26.8. The topological polar surface area (TPSA) is 52.3 Å². The van der Waals surface area contributed by atoms with Gasteiger partial charge in [0, 0.05) is 37.6 Å². The van der Waals surface area contributed by atoms with Crippen LogP contribution in [0.3, 0.4) is 0 Å². The monoisotopic (exact) mass is 558 g/mol. The van der Waals surface area contributed by atoms with Gasteiger partial charge in [-0.1, -0.05) is 54.6 Å². The average molecular weight is 559 g/mol. The van der Waals surface area contributed by atoms with E-state index in [1.54, 1.807) is 6.33 Å². The predicted octanol–water partition coefficient (Wildman–Crippen LogP) is 6.40. The molecule has 6 rings (SSSR count). The summed E-state index contributed by atoms with van der Waals surface area (Å²) in [6.45, 7) is 4.84. The van der Waals surface area contributed by atoms with Crippen LogP contribution in [0.4, 0.5) is 13.2 Å². The molecule has 210 valence electrons. The number of halogens is 3. The number of morpholine rings is 1. The Morgan fingerprint density at radius 2 is 1.63 bits per heavy atom. The standard InChI is InChI=1S/C32H29F3N4O2/c1-22-30(39(21-36-22)17-23-9-11-25(12-10-23)32(33,34)35)20-37-18-28(27-8-4-6-24-5-2-3-7-26(24)27)29(19-37)31(40)38-13-15-41-16-14-38/h2-12,18-19,21H,13-17,20H2,1H3. The second-order valence-electron chi connectivity index (χ2n) is 10.3. The van der Waals surface area contributed by atoms with E-state index < -0.39 is 11.7 Å². The minimum atomic E-state index is -4.37. The summed E-state index contributed by atoms with van der Waals surface area (Å²) in [6.07, 6.45) is 1.23. The van der Waals surface area contributed by atoms with Gasteiger partial charge in [-0.15, -0.1) is 0 Å². The smallest absolute Gasteiger partial charge is 0.378 e. The lowest BCUT2D eigenvalue weighted by molar-refractivity contribution is -0.137. The molecule has 0 spiro atoms. The highest BCUT2D eigenvalue weighted by Crippen LogP contribution is 2.33. The molecule has 1 saturated heterocycles. The molecule has 0 bridgehead atoms. The number of aromatic nitrogens is 3. The zero-order valence-corrected chi connectivity index (χ0v) is 22.6. The molecule has 0 unspecified atom stereocenters. The molecule has 1 aliphatic rings. The van der Waals surface area contributed by atoms with Crippen molar-refractivity contribution in [2.75, 3.05) is 26.3 Å². The van der Waals surface area contributed by atoms with Gasteiger partial charge in [0.05, 0.1) is 48.6 Å². The summed E-state index contributed by atoms with van der Waals surface area (Å²) in [5, 5.41) is 2.15. The number of rotatable bonds is 6. The summed E-state index contributed by atoms with van der Waals surface area (Å²) in [5.74, 6) is -0.0371. The van der Waals surface area contributed by atoms with Crippen molar-refractivity contribution in [3.05, 3.63) is 114 Å². The quantitative estimate of drug-likeness (QED) is 0.242. The van der Waals surface area contributed by atoms with E-state index in [1.165, 1.54) is 12.1 Å². The Kier molecular flexibility index (Phi) is 7.13. The number of ether oxygens (including phenoxy) is 1. The molecule has 0 atom stereocenters. The molecule has 3 heterocycles. The maximum absolute atomic E-state index is 13.8. The molecule has 1 fully saturated rings. The third kappa shape index (κ3) is 5.50. The van der Waals surface area contributed by atoms with Gasteiger partial charge in [-0.2, -0.15) is 13.2 Å². The van der Waals surface area contributed by atoms with Crippen molar-refractivity contribution in [2.24, 2.45) is 0 Å². The Balaban J connectivity index is 1.36. The number of hydrogen-bond acceptors (Lipinski definition) is 3. The largest absolute Gasteiger partial charge is 0.416 e. The molecular weight excluding hydrogens is 529 g/mol. The second kappa shape index (κ2) is 10.9. The van der Waals surface area contributed by atoms with Crippen molar-refractivity contribution < 1.29 is 22.7 Å². The van der Waals surface area contributed by atoms with Crippen LogP contribution >= 0.6 is 0 Å². The van der Waals surface area contributed by atoms with Gasteiger partial charge < -0.3 is 18.8 Å². The van der Waals surface area contributed by atoms with Crippen LogP contribution in [-0.2, 0) is 24.0 Å². The second-order valence-corrected chi connectivity index (χ2v) is 10.3. The zero-order valence-electron chi connectivity index (χ0n) is 22.6. The van der Waals surface area contributed by atoms with Gasteiger partial charge in [-0.05, 0) is 41.0 Å². The zero-order chi connectivity index (χ0) is 28.6. The molecule has 1 amide bonds. The SMILES string of the molecule is Cc1ncn(Cc2ccc(C(F)(F)F)cc2)c1Cn1cc(C(=O)N2CCOCC2)c(-c2cccc3ccccc23)c1. The highest BCUT2D eigenvalue weighted by atomic mass is 19.4. The van der Waals surface area contributed by atoms with E-state index in [4.69, 9.17) is 4.74 Å². The highest BCUT2D eigenvalue weighted by Gasteiger charge is 2.30. The van der Waals surface area contributed by atoms with Crippen molar-refractivity contribution in [3.63, 3.8) is 0 Å². The summed E-state index contributed by atoms with van der Waals surface area (Å²) >= 11 is 0. The molecule has 41 heavy (non-hydrogen) atoms. The molecule has 1 aliphatic heterocycles. The maximum Gasteiger partial charge on any atom is 0.416 e. The molecule has 2 aromatic heterocycles. The molecule has 3 aromatic carbocycles. The van der Waals surface area contributed by atoms with Crippen molar-refractivity contribution in [1.29, 1.82) is 0 Å². The first-order valence-corrected chi connectivity index (χ1v) is 13.5. The fourth-order valence-corrected chi connectivity index (χ4v) is 5.40. The van der Waals surface area contributed by atoms with E-state index in [-0.39, 0.29) is 5.91 Å². The third-order valence-electron chi connectivity index (χ3n) is 7.61. The van der Waals surface area contributed by atoms with Gasteiger partial charge in [-0.3, -0.25) is 4.79 Å². The fraction of sp³-hybridized carbons (Fsp3) is 0.250. The van der Waals surface area contributed by atoms with Crippen molar-refractivity contribution in [3.8, 4) is 11.1 Å². The molecule has 0 radical (unpaired) electrons.